The molecule has 0 saturated carbocycles. The van der Waals surface area contributed by atoms with Gasteiger partial charge in [-0.1, -0.05) is 60.7 Å². The third-order valence-corrected chi connectivity index (χ3v) is 3.54. The molecular formula is C18H19NO4. The van der Waals surface area contributed by atoms with Crippen LogP contribution in [-0.2, 0) is 22.5 Å². The number of rotatable bonds is 6. The Morgan fingerprint density at radius 1 is 1.00 bits per heavy atom. The Balaban J connectivity index is 2.26. The maximum Gasteiger partial charge on any atom is 0.410 e. The molecule has 0 bridgehead atoms. The van der Waals surface area contributed by atoms with Crippen molar-refractivity contribution in [2.45, 2.75) is 19.0 Å². The lowest BCUT2D eigenvalue weighted by molar-refractivity contribution is -0.142. The van der Waals surface area contributed by atoms with Gasteiger partial charge in [0.05, 0.1) is 7.11 Å². The lowest BCUT2D eigenvalue weighted by Crippen LogP contribution is -2.45. The van der Waals surface area contributed by atoms with E-state index < -0.39 is 18.1 Å². The van der Waals surface area contributed by atoms with Crippen LogP contribution in [0.1, 0.15) is 11.1 Å². The molecule has 0 heterocycles. The van der Waals surface area contributed by atoms with Crippen LogP contribution in [-0.4, -0.2) is 35.2 Å². The molecule has 0 saturated heterocycles. The highest BCUT2D eigenvalue weighted by Crippen LogP contribution is 2.15. The van der Waals surface area contributed by atoms with Gasteiger partial charge in [0.1, 0.15) is 6.04 Å². The number of carboxylic acid groups (broad SMARTS) is 1. The summed E-state index contributed by atoms with van der Waals surface area (Å²) in [6.07, 6.45) is -0.435. The second-order valence-electron chi connectivity index (χ2n) is 5.13. The second kappa shape index (κ2) is 7.98. The molecule has 0 fully saturated rings. The summed E-state index contributed by atoms with van der Waals surface area (Å²) in [5, 5.41) is 9.58. The molecule has 1 unspecified atom stereocenters. The van der Waals surface area contributed by atoms with Crippen molar-refractivity contribution in [3.63, 3.8) is 0 Å². The number of carbonyl (C=O) groups excluding carboxylic acids is 1. The Bertz CT molecular complexity index is 643. The normalized spacial score (nSPS) is 11.5. The predicted molar refractivity (Wildman–Crippen MR) is 86.0 cm³/mol. The molecule has 120 valence electrons. The molecule has 0 aromatic heterocycles. The molecule has 0 aliphatic rings. The Morgan fingerprint density at radius 3 is 2.00 bits per heavy atom. The van der Waals surface area contributed by atoms with Gasteiger partial charge < -0.3 is 9.84 Å². The van der Waals surface area contributed by atoms with E-state index in [-0.39, 0.29) is 13.0 Å². The Hall–Kier alpha value is -2.82. The smallest absolute Gasteiger partial charge is 0.410 e. The first-order chi connectivity index (χ1) is 11.1. The Morgan fingerprint density at radius 2 is 1.52 bits per heavy atom. The van der Waals surface area contributed by atoms with Crippen molar-refractivity contribution in [2.24, 2.45) is 0 Å². The van der Waals surface area contributed by atoms with Crippen LogP contribution < -0.4 is 0 Å². The largest absolute Gasteiger partial charge is 0.480 e. The van der Waals surface area contributed by atoms with Crippen molar-refractivity contribution < 1.29 is 19.4 Å². The van der Waals surface area contributed by atoms with Gasteiger partial charge in [-0.3, -0.25) is 4.90 Å². The number of carboxylic acids is 1. The topological polar surface area (TPSA) is 66.8 Å². The first kappa shape index (κ1) is 16.5. The molecule has 5 nitrogen and oxygen atoms in total. The molecule has 0 radical (unpaired) electrons. The van der Waals surface area contributed by atoms with E-state index in [1.165, 1.54) is 12.0 Å². The van der Waals surface area contributed by atoms with Crippen molar-refractivity contribution in [3.05, 3.63) is 71.8 Å². The number of benzene rings is 2. The highest BCUT2D eigenvalue weighted by Gasteiger charge is 2.30. The number of hydrogen-bond donors (Lipinski definition) is 1. The summed E-state index contributed by atoms with van der Waals surface area (Å²) in [6.45, 7) is 0.178. The molecule has 0 aliphatic carbocycles. The van der Waals surface area contributed by atoms with E-state index in [1.54, 1.807) is 0 Å². The van der Waals surface area contributed by atoms with Crippen LogP contribution in [0.15, 0.2) is 60.7 Å². The number of hydrogen-bond acceptors (Lipinski definition) is 3. The molecule has 2 aromatic carbocycles. The van der Waals surface area contributed by atoms with E-state index >= 15 is 0 Å². The van der Waals surface area contributed by atoms with Crippen LogP contribution in [0.2, 0.25) is 0 Å². The highest BCUT2D eigenvalue weighted by molar-refractivity contribution is 5.80. The van der Waals surface area contributed by atoms with Crippen molar-refractivity contribution in [2.75, 3.05) is 7.11 Å². The average Bonchev–Trinajstić information content (AvgIpc) is 2.59. The van der Waals surface area contributed by atoms with Crippen LogP contribution in [0.25, 0.3) is 0 Å². The summed E-state index contributed by atoms with van der Waals surface area (Å²) in [4.78, 5) is 25.0. The first-order valence-electron chi connectivity index (χ1n) is 7.27. The predicted octanol–water partition coefficient (Wildman–Crippen LogP) is 2.95. The molecule has 23 heavy (non-hydrogen) atoms. The number of amides is 1. The van der Waals surface area contributed by atoms with Crippen LogP contribution >= 0.6 is 0 Å². The maximum absolute atomic E-state index is 12.1. The van der Waals surface area contributed by atoms with E-state index in [4.69, 9.17) is 4.74 Å². The van der Waals surface area contributed by atoms with Gasteiger partial charge in [-0.2, -0.15) is 0 Å². The van der Waals surface area contributed by atoms with E-state index in [0.717, 1.165) is 11.1 Å². The fourth-order valence-electron chi connectivity index (χ4n) is 2.37. The summed E-state index contributed by atoms with van der Waals surface area (Å²) < 4.78 is 4.78. The van der Waals surface area contributed by atoms with Crippen LogP contribution in [0, 0.1) is 0 Å². The summed E-state index contributed by atoms with van der Waals surface area (Å²) in [5.74, 6) is -1.06. The zero-order valence-electron chi connectivity index (χ0n) is 12.9. The number of ether oxygens (including phenoxy) is 1. The minimum absolute atomic E-state index is 0.178. The van der Waals surface area contributed by atoms with Crippen LogP contribution in [0.4, 0.5) is 4.79 Å². The van der Waals surface area contributed by atoms with Gasteiger partial charge in [-0.05, 0) is 11.1 Å². The molecule has 2 aromatic rings. The number of carbonyl (C=O) groups is 2. The van der Waals surface area contributed by atoms with E-state index in [1.807, 2.05) is 60.7 Å². The van der Waals surface area contributed by atoms with Gasteiger partial charge in [0.25, 0.3) is 0 Å². The standard InChI is InChI=1S/C18H19NO4/c1-23-18(22)19(13-15-10-6-3-7-11-15)16(17(20)21)12-14-8-4-2-5-9-14/h2-11,16H,12-13H2,1H3,(H,20,21). The Kier molecular flexibility index (Phi) is 5.74. The maximum atomic E-state index is 12.1. The van der Waals surface area contributed by atoms with Crippen molar-refractivity contribution in [3.8, 4) is 0 Å². The lowest BCUT2D eigenvalue weighted by atomic mass is 10.0. The number of methoxy groups -OCH3 is 1. The fraction of sp³-hybridized carbons (Fsp3) is 0.222. The third-order valence-electron chi connectivity index (χ3n) is 3.54. The molecule has 1 N–H and O–H groups in total. The van der Waals surface area contributed by atoms with Crippen LogP contribution in [0.5, 0.6) is 0 Å². The van der Waals surface area contributed by atoms with Gasteiger partial charge in [-0.15, -0.1) is 0 Å². The minimum Gasteiger partial charge on any atom is -0.480 e. The van der Waals surface area contributed by atoms with E-state index in [2.05, 4.69) is 0 Å². The SMILES string of the molecule is COC(=O)N(Cc1ccccc1)C(Cc1ccccc1)C(=O)O. The van der Waals surface area contributed by atoms with Crippen molar-refractivity contribution in [1.82, 2.24) is 4.90 Å². The van der Waals surface area contributed by atoms with Crippen molar-refractivity contribution >= 4 is 12.1 Å². The monoisotopic (exact) mass is 313 g/mol. The van der Waals surface area contributed by atoms with Gasteiger partial charge in [0, 0.05) is 13.0 Å². The number of nitrogens with zero attached hydrogens (tertiary/aromatic N) is 1. The first-order valence-corrected chi connectivity index (χ1v) is 7.27. The third kappa shape index (κ3) is 4.57. The summed E-state index contributed by atoms with van der Waals surface area (Å²) in [6, 6.07) is 17.5. The molecule has 2 rings (SSSR count). The van der Waals surface area contributed by atoms with Crippen LogP contribution in [0.3, 0.4) is 0 Å². The molecule has 1 atom stereocenters. The van der Waals surface area contributed by atoms with E-state index in [9.17, 15) is 14.7 Å². The fourth-order valence-corrected chi connectivity index (χ4v) is 2.37. The van der Waals surface area contributed by atoms with Gasteiger partial charge in [0.2, 0.25) is 0 Å². The van der Waals surface area contributed by atoms with Crippen molar-refractivity contribution in [1.29, 1.82) is 0 Å². The molecule has 5 heteroatoms. The zero-order chi connectivity index (χ0) is 16.7. The molecule has 0 aliphatic heterocycles. The zero-order valence-corrected chi connectivity index (χ0v) is 12.9. The molecular weight excluding hydrogens is 294 g/mol. The molecule has 1 amide bonds. The second-order valence-corrected chi connectivity index (χ2v) is 5.13. The quantitative estimate of drug-likeness (QED) is 0.890. The number of aliphatic carboxylic acids is 1. The van der Waals surface area contributed by atoms with Gasteiger partial charge in [-0.25, -0.2) is 9.59 Å². The summed E-state index contributed by atoms with van der Waals surface area (Å²) in [5.41, 5.74) is 1.69. The lowest BCUT2D eigenvalue weighted by Gasteiger charge is -2.28. The van der Waals surface area contributed by atoms with Gasteiger partial charge in [0.15, 0.2) is 0 Å². The van der Waals surface area contributed by atoms with Gasteiger partial charge >= 0.3 is 12.1 Å². The average molecular weight is 313 g/mol. The highest BCUT2D eigenvalue weighted by atomic mass is 16.5. The van der Waals surface area contributed by atoms with E-state index in [0.29, 0.717) is 0 Å². The summed E-state index contributed by atoms with van der Waals surface area (Å²) >= 11 is 0. The molecule has 0 spiro atoms. The summed E-state index contributed by atoms with van der Waals surface area (Å²) in [7, 11) is 1.25. The Labute approximate surface area is 135 Å². The minimum atomic E-state index is -1.06.